The van der Waals surface area contributed by atoms with Crippen LogP contribution in [0.1, 0.15) is 22.9 Å². The number of pyridine rings is 1. The summed E-state index contributed by atoms with van der Waals surface area (Å²) in [5, 5.41) is 5.64. The van der Waals surface area contributed by atoms with E-state index in [0.29, 0.717) is 11.8 Å². The van der Waals surface area contributed by atoms with Gasteiger partial charge in [0, 0.05) is 35.6 Å². The molecule has 0 radical (unpaired) electrons. The molecule has 0 spiro atoms. The molecule has 2 aliphatic rings. The van der Waals surface area contributed by atoms with Gasteiger partial charge in [-0.05, 0) is 54.4 Å². The lowest BCUT2D eigenvalue weighted by atomic mass is 9.83. The maximum Gasteiger partial charge on any atom is 0.251 e. The van der Waals surface area contributed by atoms with Gasteiger partial charge in [-0.15, -0.1) is 23.7 Å². The van der Waals surface area contributed by atoms with Gasteiger partial charge in [-0.2, -0.15) is 0 Å². The normalized spacial score (nSPS) is 23.3. The van der Waals surface area contributed by atoms with Gasteiger partial charge < -0.3 is 9.88 Å². The van der Waals surface area contributed by atoms with Crippen molar-refractivity contribution >= 4 is 23.7 Å². The summed E-state index contributed by atoms with van der Waals surface area (Å²) in [6.07, 6.45) is 1.22. The SMILES string of the molecule is Cc1cc(-c2cc3n(c(=O)c2)C[C@@H]2CNC[C@H]3C2)cs1.Cl. The summed E-state index contributed by atoms with van der Waals surface area (Å²) >= 11 is 1.74. The predicted octanol–water partition coefficient (Wildman–Crippen LogP) is 3.01. The van der Waals surface area contributed by atoms with E-state index >= 15 is 0 Å². The van der Waals surface area contributed by atoms with Crippen molar-refractivity contribution in [3.63, 3.8) is 0 Å². The average Bonchev–Trinajstić information content (AvgIpc) is 2.87. The van der Waals surface area contributed by atoms with Crippen LogP contribution in [-0.2, 0) is 6.54 Å². The molecule has 5 heteroatoms. The topological polar surface area (TPSA) is 34.0 Å². The molecule has 0 amide bonds. The molecule has 3 nitrogen and oxygen atoms in total. The van der Waals surface area contributed by atoms with Crippen LogP contribution in [-0.4, -0.2) is 17.7 Å². The Balaban J connectivity index is 0.00000132. The number of thiophene rings is 1. The molecule has 1 saturated heterocycles. The summed E-state index contributed by atoms with van der Waals surface area (Å²) in [7, 11) is 0. The fourth-order valence-electron chi connectivity index (χ4n) is 3.57. The number of halogens is 1. The second-order valence-electron chi connectivity index (χ2n) is 6.02. The first-order valence-electron chi connectivity index (χ1n) is 7.22. The molecule has 2 aliphatic heterocycles. The van der Waals surface area contributed by atoms with Gasteiger partial charge in [0.2, 0.25) is 0 Å². The molecule has 0 aromatic carbocycles. The molecular formula is C16H19ClN2OS. The maximum absolute atomic E-state index is 12.4. The molecule has 112 valence electrons. The number of piperidine rings is 1. The first kappa shape index (κ1) is 14.8. The highest BCUT2D eigenvalue weighted by Gasteiger charge is 2.31. The molecule has 0 aliphatic carbocycles. The van der Waals surface area contributed by atoms with Gasteiger partial charge in [-0.25, -0.2) is 0 Å². The highest BCUT2D eigenvalue weighted by Crippen LogP contribution is 2.34. The van der Waals surface area contributed by atoms with Crippen molar-refractivity contribution in [2.45, 2.75) is 25.8 Å². The monoisotopic (exact) mass is 322 g/mol. The van der Waals surface area contributed by atoms with Crippen molar-refractivity contribution in [1.29, 1.82) is 0 Å². The molecule has 2 atom stereocenters. The third-order valence-electron chi connectivity index (χ3n) is 4.52. The quantitative estimate of drug-likeness (QED) is 0.875. The van der Waals surface area contributed by atoms with Crippen LogP contribution in [0.15, 0.2) is 28.4 Å². The van der Waals surface area contributed by atoms with E-state index in [9.17, 15) is 4.79 Å². The molecule has 1 N–H and O–H groups in total. The van der Waals surface area contributed by atoms with Gasteiger partial charge in [-0.1, -0.05) is 0 Å². The fraction of sp³-hybridized carbons (Fsp3) is 0.438. The third kappa shape index (κ3) is 2.56. The van der Waals surface area contributed by atoms with E-state index < -0.39 is 0 Å². The molecule has 0 unspecified atom stereocenters. The Morgan fingerprint density at radius 1 is 1.24 bits per heavy atom. The number of hydrogen-bond donors (Lipinski definition) is 1. The number of fused-ring (bicyclic) bond motifs is 4. The predicted molar refractivity (Wildman–Crippen MR) is 89.7 cm³/mol. The van der Waals surface area contributed by atoms with Crippen molar-refractivity contribution in [3.05, 3.63) is 44.5 Å². The lowest BCUT2D eigenvalue weighted by molar-refractivity contribution is 0.257. The zero-order chi connectivity index (χ0) is 13.7. The van der Waals surface area contributed by atoms with E-state index in [4.69, 9.17) is 0 Å². The molecule has 4 heterocycles. The second kappa shape index (κ2) is 5.59. The largest absolute Gasteiger partial charge is 0.316 e. The Bertz CT molecular complexity index is 721. The summed E-state index contributed by atoms with van der Waals surface area (Å²) < 4.78 is 2.00. The van der Waals surface area contributed by atoms with Crippen LogP contribution in [0.25, 0.3) is 11.1 Å². The number of nitrogens with zero attached hydrogens (tertiary/aromatic N) is 1. The standard InChI is InChI=1S/C16H18N2OS.ClH/c1-10-2-14(9-20-10)12-4-15-13-3-11(6-17-7-13)8-18(15)16(19)5-12;/h2,4-5,9,11,13,17H,3,6-8H2,1H3;1H/t11-,13+;/m0./s1. The van der Waals surface area contributed by atoms with E-state index in [1.807, 2.05) is 4.57 Å². The molecule has 2 bridgehead atoms. The van der Waals surface area contributed by atoms with Crippen LogP contribution in [0.5, 0.6) is 0 Å². The molecule has 2 aromatic rings. The first-order chi connectivity index (χ1) is 9.70. The minimum atomic E-state index is 0. The lowest BCUT2D eigenvalue weighted by Gasteiger charge is -2.37. The van der Waals surface area contributed by atoms with Gasteiger partial charge in [0.05, 0.1) is 0 Å². The summed E-state index contributed by atoms with van der Waals surface area (Å²) in [5.74, 6) is 1.11. The van der Waals surface area contributed by atoms with E-state index in [1.165, 1.54) is 22.6 Å². The average molecular weight is 323 g/mol. The summed E-state index contributed by atoms with van der Waals surface area (Å²) in [6.45, 7) is 5.03. The Labute approximate surface area is 134 Å². The Morgan fingerprint density at radius 2 is 2.10 bits per heavy atom. The van der Waals surface area contributed by atoms with E-state index in [2.05, 4.69) is 29.8 Å². The number of aromatic nitrogens is 1. The molecule has 0 saturated carbocycles. The molecule has 4 rings (SSSR count). The van der Waals surface area contributed by atoms with Crippen molar-refractivity contribution < 1.29 is 0 Å². The second-order valence-corrected chi connectivity index (χ2v) is 7.14. The van der Waals surface area contributed by atoms with Crippen LogP contribution in [0.2, 0.25) is 0 Å². The van der Waals surface area contributed by atoms with Crippen LogP contribution in [0, 0.1) is 12.8 Å². The number of aryl methyl sites for hydroxylation is 1. The maximum atomic E-state index is 12.4. The van der Waals surface area contributed by atoms with Crippen LogP contribution < -0.4 is 10.9 Å². The van der Waals surface area contributed by atoms with Crippen molar-refractivity contribution in [2.24, 2.45) is 5.92 Å². The fourth-order valence-corrected chi connectivity index (χ4v) is 4.28. The number of rotatable bonds is 1. The first-order valence-corrected chi connectivity index (χ1v) is 8.09. The van der Waals surface area contributed by atoms with Crippen LogP contribution in [0.3, 0.4) is 0 Å². The minimum Gasteiger partial charge on any atom is -0.316 e. The van der Waals surface area contributed by atoms with Crippen molar-refractivity contribution in [3.8, 4) is 11.1 Å². The van der Waals surface area contributed by atoms with Crippen LogP contribution >= 0.6 is 23.7 Å². The Hall–Kier alpha value is -1.10. The zero-order valence-electron chi connectivity index (χ0n) is 12.0. The molecule has 21 heavy (non-hydrogen) atoms. The van der Waals surface area contributed by atoms with E-state index in [0.717, 1.165) is 25.2 Å². The summed E-state index contributed by atoms with van der Waals surface area (Å²) in [5.41, 5.74) is 3.64. The smallest absolute Gasteiger partial charge is 0.251 e. The minimum absolute atomic E-state index is 0. The third-order valence-corrected chi connectivity index (χ3v) is 5.39. The van der Waals surface area contributed by atoms with Gasteiger partial charge in [0.15, 0.2) is 0 Å². The van der Waals surface area contributed by atoms with Crippen molar-refractivity contribution in [2.75, 3.05) is 13.1 Å². The summed E-state index contributed by atoms with van der Waals surface area (Å²) in [6, 6.07) is 6.21. The van der Waals surface area contributed by atoms with E-state index in [1.54, 1.807) is 17.4 Å². The molecule has 1 fully saturated rings. The van der Waals surface area contributed by atoms with Gasteiger partial charge >= 0.3 is 0 Å². The number of hydrogen-bond acceptors (Lipinski definition) is 3. The van der Waals surface area contributed by atoms with Crippen LogP contribution in [0.4, 0.5) is 0 Å². The highest BCUT2D eigenvalue weighted by atomic mass is 35.5. The molecule has 2 aromatic heterocycles. The molecular weight excluding hydrogens is 304 g/mol. The lowest BCUT2D eigenvalue weighted by Crippen LogP contribution is -2.44. The number of nitrogens with one attached hydrogen (secondary N) is 1. The Kier molecular flexibility index (Phi) is 3.95. The Morgan fingerprint density at radius 3 is 2.86 bits per heavy atom. The van der Waals surface area contributed by atoms with Gasteiger partial charge in [-0.3, -0.25) is 4.79 Å². The van der Waals surface area contributed by atoms with Gasteiger partial charge in [0.25, 0.3) is 5.56 Å². The highest BCUT2D eigenvalue weighted by molar-refractivity contribution is 7.10. The van der Waals surface area contributed by atoms with E-state index in [-0.39, 0.29) is 18.0 Å². The zero-order valence-corrected chi connectivity index (χ0v) is 13.6. The summed E-state index contributed by atoms with van der Waals surface area (Å²) in [4.78, 5) is 13.7. The van der Waals surface area contributed by atoms with Gasteiger partial charge in [0.1, 0.15) is 0 Å². The van der Waals surface area contributed by atoms with Crippen molar-refractivity contribution in [1.82, 2.24) is 9.88 Å².